The van der Waals surface area contributed by atoms with E-state index in [1.165, 1.54) is 38.6 Å². The summed E-state index contributed by atoms with van der Waals surface area (Å²) in [7, 11) is 0. The Bertz CT molecular complexity index is 1430. The predicted molar refractivity (Wildman–Crippen MR) is 155 cm³/mol. The summed E-state index contributed by atoms with van der Waals surface area (Å²) in [6, 6.07) is 28.2. The molecule has 0 bridgehead atoms. The second kappa shape index (κ2) is 9.83. The zero-order chi connectivity index (χ0) is 24.5. The average Bonchev–Trinajstić information content (AvgIpc) is 3.14. The molecule has 0 heterocycles. The number of aliphatic imine (C=N–C) groups is 2. The van der Waals surface area contributed by atoms with Gasteiger partial charge in [0.05, 0.1) is 22.8 Å². The van der Waals surface area contributed by atoms with Gasteiger partial charge in [0, 0.05) is 22.3 Å². The van der Waals surface area contributed by atoms with Gasteiger partial charge in [-0.05, 0) is 46.2 Å². The summed E-state index contributed by atoms with van der Waals surface area (Å²) in [5.41, 5.74) is 10.2. The summed E-state index contributed by atoms with van der Waals surface area (Å²) in [4.78, 5) is 10.8. The number of hydrogen-bond donors (Lipinski definition) is 0. The molecule has 1 aliphatic carbocycles. The van der Waals surface area contributed by atoms with Crippen LogP contribution in [0.2, 0.25) is 0 Å². The van der Waals surface area contributed by atoms with Crippen molar-refractivity contribution in [1.82, 2.24) is 0 Å². The van der Waals surface area contributed by atoms with Crippen LogP contribution < -0.4 is 0 Å². The fourth-order valence-corrected chi connectivity index (χ4v) is 5.54. The highest BCUT2D eigenvalue weighted by Crippen LogP contribution is 2.39. The smallest absolute Gasteiger partial charge is 0.0979 e. The highest BCUT2D eigenvalue weighted by Gasteiger charge is 2.28. The molecule has 0 saturated carbocycles. The molecule has 0 N–H and O–H groups in total. The van der Waals surface area contributed by atoms with Gasteiger partial charge in [0.15, 0.2) is 0 Å². The summed E-state index contributed by atoms with van der Waals surface area (Å²) in [6.07, 6.45) is 2.14. The van der Waals surface area contributed by atoms with E-state index in [4.69, 9.17) is 9.98 Å². The molecule has 0 radical (unpaired) electrons. The number of para-hydroxylation sites is 2. The Labute approximate surface area is 213 Å². The average molecular weight is 477 g/mol. The molecule has 176 valence electrons. The van der Waals surface area contributed by atoms with Gasteiger partial charge < -0.3 is 0 Å². The number of rotatable bonds is 6. The molecule has 35 heavy (non-hydrogen) atoms. The van der Waals surface area contributed by atoms with Gasteiger partial charge in [-0.3, -0.25) is 0 Å². The third kappa shape index (κ3) is 4.34. The van der Waals surface area contributed by atoms with Crippen molar-refractivity contribution in [3.8, 4) is 0 Å². The quantitative estimate of drug-likeness (QED) is 0.272. The van der Waals surface area contributed by atoms with E-state index in [9.17, 15) is 0 Å². The van der Waals surface area contributed by atoms with Crippen molar-refractivity contribution >= 4 is 45.3 Å². The van der Waals surface area contributed by atoms with Crippen molar-refractivity contribution in [1.29, 1.82) is 0 Å². The fraction of sp³-hybridized carbons (Fsp3) is 0.250. The molecule has 2 nitrogen and oxygen atoms in total. The van der Waals surface area contributed by atoms with Gasteiger partial charge in [-0.2, -0.15) is 11.8 Å². The van der Waals surface area contributed by atoms with Gasteiger partial charge in [0.25, 0.3) is 0 Å². The Hall–Kier alpha value is -3.17. The molecular weight excluding hydrogens is 444 g/mol. The van der Waals surface area contributed by atoms with Crippen LogP contribution in [0, 0.1) is 0 Å². The van der Waals surface area contributed by atoms with Crippen LogP contribution in [0.5, 0.6) is 0 Å². The molecule has 0 aromatic heterocycles. The summed E-state index contributed by atoms with van der Waals surface area (Å²) in [5.74, 6) is 1.70. The van der Waals surface area contributed by atoms with Gasteiger partial charge >= 0.3 is 0 Å². The molecule has 4 aromatic rings. The normalized spacial score (nSPS) is 15.3. The van der Waals surface area contributed by atoms with Crippen molar-refractivity contribution in [2.75, 3.05) is 6.26 Å². The molecule has 5 rings (SSSR count). The Morgan fingerprint density at radius 3 is 1.83 bits per heavy atom. The molecule has 0 saturated heterocycles. The van der Waals surface area contributed by atoms with Gasteiger partial charge in [0.1, 0.15) is 0 Å². The van der Waals surface area contributed by atoms with Gasteiger partial charge in [-0.15, -0.1) is 0 Å². The lowest BCUT2D eigenvalue weighted by atomic mass is 9.92. The summed E-state index contributed by atoms with van der Waals surface area (Å²) in [5, 5.41) is 2.49. The number of hydrogen-bond acceptors (Lipinski definition) is 3. The second-order valence-electron chi connectivity index (χ2n) is 9.79. The highest BCUT2D eigenvalue weighted by atomic mass is 32.2. The first-order valence-corrected chi connectivity index (χ1v) is 13.8. The Morgan fingerprint density at radius 2 is 1.23 bits per heavy atom. The highest BCUT2D eigenvalue weighted by molar-refractivity contribution is 7.97. The lowest BCUT2D eigenvalue weighted by Gasteiger charge is -2.17. The van der Waals surface area contributed by atoms with Crippen LogP contribution in [0.15, 0.2) is 88.8 Å². The maximum Gasteiger partial charge on any atom is 0.0979 e. The maximum absolute atomic E-state index is 5.47. The Morgan fingerprint density at radius 1 is 0.657 bits per heavy atom. The van der Waals surface area contributed by atoms with E-state index >= 15 is 0 Å². The summed E-state index contributed by atoms with van der Waals surface area (Å²) < 4.78 is 0. The number of nitrogens with zero attached hydrogens (tertiary/aromatic N) is 2. The first-order chi connectivity index (χ1) is 17.0. The minimum Gasteiger partial charge on any atom is -0.246 e. The van der Waals surface area contributed by atoms with Crippen molar-refractivity contribution in [2.24, 2.45) is 9.98 Å². The monoisotopic (exact) mass is 476 g/mol. The van der Waals surface area contributed by atoms with E-state index in [1.54, 1.807) is 0 Å². The number of thioether (sulfide) groups is 1. The standard InChI is InChI=1S/C32H32N2S/c1-20(2)24-14-10-15-25(21(3)4)30(24)34-32-27-17-9-13-22-12-8-16-26(29(22)27)31(32)33-28-18-7-6-11-23(28)19-35-5/h6-18,20-21H,19H2,1-5H3/b33-31+,34-32+. The van der Waals surface area contributed by atoms with Crippen molar-refractivity contribution in [3.63, 3.8) is 0 Å². The number of benzene rings is 4. The first-order valence-electron chi connectivity index (χ1n) is 12.4. The third-order valence-corrected chi connectivity index (χ3v) is 7.33. The summed E-state index contributed by atoms with van der Waals surface area (Å²) >= 11 is 1.82. The molecule has 0 fully saturated rings. The second-order valence-corrected chi connectivity index (χ2v) is 10.7. The summed E-state index contributed by atoms with van der Waals surface area (Å²) in [6.45, 7) is 9.00. The molecule has 0 atom stereocenters. The minimum absolute atomic E-state index is 0.385. The maximum atomic E-state index is 5.47. The predicted octanol–water partition coefficient (Wildman–Crippen LogP) is 9.20. The van der Waals surface area contributed by atoms with Crippen LogP contribution in [-0.2, 0) is 5.75 Å². The molecular formula is C32H32N2S. The zero-order valence-electron chi connectivity index (χ0n) is 21.2. The Kier molecular flexibility index (Phi) is 6.62. The Balaban J connectivity index is 1.82. The van der Waals surface area contributed by atoms with E-state index in [0.717, 1.165) is 28.6 Å². The van der Waals surface area contributed by atoms with E-state index in [1.807, 2.05) is 11.8 Å². The first kappa shape index (κ1) is 23.6. The third-order valence-electron chi connectivity index (χ3n) is 6.73. The van der Waals surface area contributed by atoms with Crippen LogP contribution in [0.1, 0.15) is 67.3 Å². The van der Waals surface area contributed by atoms with Gasteiger partial charge in [0.2, 0.25) is 0 Å². The van der Waals surface area contributed by atoms with Crippen molar-refractivity contribution in [3.05, 3.63) is 107 Å². The van der Waals surface area contributed by atoms with Gasteiger partial charge in [-0.1, -0.05) is 100 Å². The molecule has 0 unspecified atom stereocenters. The molecule has 3 heteroatoms. The molecule has 4 aromatic carbocycles. The van der Waals surface area contributed by atoms with Crippen LogP contribution in [0.3, 0.4) is 0 Å². The largest absolute Gasteiger partial charge is 0.246 e. The molecule has 0 spiro atoms. The van der Waals surface area contributed by atoms with Crippen LogP contribution in [0.25, 0.3) is 10.8 Å². The van der Waals surface area contributed by atoms with E-state index in [0.29, 0.717) is 11.8 Å². The lowest BCUT2D eigenvalue weighted by Crippen LogP contribution is -2.11. The zero-order valence-corrected chi connectivity index (χ0v) is 22.0. The molecule has 0 aliphatic heterocycles. The molecule has 1 aliphatic rings. The van der Waals surface area contributed by atoms with Gasteiger partial charge in [-0.25, -0.2) is 9.98 Å². The molecule has 0 amide bonds. The van der Waals surface area contributed by atoms with E-state index < -0.39 is 0 Å². The van der Waals surface area contributed by atoms with Crippen molar-refractivity contribution in [2.45, 2.75) is 45.3 Å². The minimum atomic E-state index is 0.385. The fourth-order valence-electron chi connectivity index (χ4n) is 4.99. The van der Waals surface area contributed by atoms with Crippen LogP contribution in [-0.4, -0.2) is 17.7 Å². The van der Waals surface area contributed by atoms with E-state index in [-0.39, 0.29) is 0 Å². The SMILES string of the molecule is CSCc1ccccc1/N=C1/C(=N/c2c(C(C)C)cccc2C(C)C)c2cccc3cccc1c23. The van der Waals surface area contributed by atoms with Crippen LogP contribution in [0.4, 0.5) is 11.4 Å². The topological polar surface area (TPSA) is 24.7 Å². The lowest BCUT2D eigenvalue weighted by molar-refractivity contribution is 0.835. The van der Waals surface area contributed by atoms with Crippen molar-refractivity contribution < 1.29 is 0 Å². The van der Waals surface area contributed by atoms with Crippen LogP contribution >= 0.6 is 11.8 Å². The van der Waals surface area contributed by atoms with E-state index in [2.05, 4.69) is 113 Å².